The van der Waals surface area contributed by atoms with Gasteiger partial charge in [0.1, 0.15) is 11.5 Å². The molecule has 1 aromatic carbocycles. The van der Waals surface area contributed by atoms with Gasteiger partial charge in [-0.05, 0) is 50.2 Å². The van der Waals surface area contributed by atoms with E-state index < -0.39 is 0 Å². The van der Waals surface area contributed by atoms with Crippen molar-refractivity contribution in [1.29, 1.82) is 0 Å². The Morgan fingerprint density at radius 1 is 1.04 bits per heavy atom. The third-order valence-electron chi connectivity index (χ3n) is 5.04. The zero-order chi connectivity index (χ0) is 20.1. The monoisotopic (exact) mass is 384 g/mol. The van der Waals surface area contributed by atoms with E-state index in [9.17, 15) is 14.0 Å². The number of anilines is 1. The van der Waals surface area contributed by atoms with E-state index in [0.29, 0.717) is 44.8 Å². The molecular formula is C21H25FN4O2. The Hall–Kier alpha value is -2.96. The molecule has 1 saturated heterocycles. The largest absolute Gasteiger partial charge is 0.368 e. The molecule has 0 N–H and O–H groups in total. The van der Waals surface area contributed by atoms with E-state index in [1.54, 1.807) is 34.1 Å². The highest BCUT2D eigenvalue weighted by Crippen LogP contribution is 2.18. The second-order valence-corrected chi connectivity index (χ2v) is 6.66. The minimum absolute atomic E-state index is 0.0948. The number of halogens is 1. The van der Waals surface area contributed by atoms with Crippen LogP contribution in [-0.2, 0) is 0 Å². The number of aromatic nitrogens is 1. The first-order valence-corrected chi connectivity index (χ1v) is 9.58. The standard InChI is InChI=1S/C21H25FN4O2/c1-3-24(4-2)20(27)16-9-10-23-19(15-16)21(28)26-13-11-25(12-14-26)18-7-5-17(22)6-8-18/h5-10,15H,3-4,11-14H2,1-2H3. The number of amides is 2. The zero-order valence-corrected chi connectivity index (χ0v) is 16.3. The highest BCUT2D eigenvalue weighted by Gasteiger charge is 2.24. The summed E-state index contributed by atoms with van der Waals surface area (Å²) >= 11 is 0. The molecule has 1 fully saturated rings. The van der Waals surface area contributed by atoms with Gasteiger partial charge in [-0.3, -0.25) is 14.6 Å². The molecule has 0 spiro atoms. The summed E-state index contributed by atoms with van der Waals surface area (Å²) < 4.78 is 13.1. The van der Waals surface area contributed by atoms with Crippen LogP contribution in [0.15, 0.2) is 42.6 Å². The Bertz CT molecular complexity index is 829. The molecule has 0 bridgehead atoms. The van der Waals surface area contributed by atoms with Gasteiger partial charge in [-0.1, -0.05) is 0 Å². The van der Waals surface area contributed by atoms with Crippen molar-refractivity contribution in [3.63, 3.8) is 0 Å². The van der Waals surface area contributed by atoms with Gasteiger partial charge in [-0.2, -0.15) is 0 Å². The molecule has 0 radical (unpaired) electrons. The highest BCUT2D eigenvalue weighted by molar-refractivity contribution is 5.98. The molecule has 148 valence electrons. The van der Waals surface area contributed by atoms with Gasteiger partial charge in [-0.25, -0.2) is 4.39 Å². The average Bonchev–Trinajstić information content (AvgIpc) is 2.75. The second kappa shape index (κ2) is 8.82. The summed E-state index contributed by atoms with van der Waals surface area (Å²) in [5, 5.41) is 0. The Labute approximate surface area is 164 Å². The molecule has 0 saturated carbocycles. The second-order valence-electron chi connectivity index (χ2n) is 6.66. The molecule has 28 heavy (non-hydrogen) atoms. The highest BCUT2D eigenvalue weighted by atomic mass is 19.1. The van der Waals surface area contributed by atoms with E-state index in [4.69, 9.17) is 0 Å². The van der Waals surface area contributed by atoms with Crippen LogP contribution in [0.3, 0.4) is 0 Å². The summed E-state index contributed by atoms with van der Waals surface area (Å²) in [6.07, 6.45) is 1.51. The van der Waals surface area contributed by atoms with E-state index >= 15 is 0 Å². The van der Waals surface area contributed by atoms with Gasteiger partial charge in [-0.15, -0.1) is 0 Å². The fraction of sp³-hybridized carbons (Fsp3) is 0.381. The third-order valence-corrected chi connectivity index (χ3v) is 5.04. The molecular weight excluding hydrogens is 359 g/mol. The van der Waals surface area contributed by atoms with Gasteiger partial charge >= 0.3 is 0 Å². The van der Waals surface area contributed by atoms with Gasteiger partial charge in [0.05, 0.1) is 0 Å². The lowest BCUT2D eigenvalue weighted by molar-refractivity contribution is 0.0740. The first-order valence-electron chi connectivity index (χ1n) is 9.58. The maximum absolute atomic E-state index is 13.1. The van der Waals surface area contributed by atoms with Crippen molar-refractivity contribution in [3.8, 4) is 0 Å². The number of pyridine rings is 1. The number of carbonyl (C=O) groups is 2. The first kappa shape index (κ1) is 19.8. The molecule has 2 aromatic rings. The number of piperazine rings is 1. The molecule has 0 aliphatic carbocycles. The molecule has 1 aliphatic rings. The van der Waals surface area contributed by atoms with Crippen molar-refractivity contribution in [2.24, 2.45) is 0 Å². The molecule has 0 atom stereocenters. The van der Waals surface area contributed by atoms with Crippen LogP contribution >= 0.6 is 0 Å². The number of benzene rings is 1. The Morgan fingerprint density at radius 3 is 2.29 bits per heavy atom. The van der Waals surface area contributed by atoms with Gasteiger partial charge < -0.3 is 14.7 Å². The summed E-state index contributed by atoms with van der Waals surface area (Å²) in [7, 11) is 0. The quantitative estimate of drug-likeness (QED) is 0.795. The smallest absolute Gasteiger partial charge is 0.272 e. The van der Waals surface area contributed by atoms with Crippen molar-refractivity contribution < 1.29 is 14.0 Å². The van der Waals surface area contributed by atoms with E-state index in [0.717, 1.165) is 5.69 Å². The van der Waals surface area contributed by atoms with Crippen molar-refractivity contribution >= 4 is 17.5 Å². The van der Waals surface area contributed by atoms with Crippen molar-refractivity contribution in [2.45, 2.75) is 13.8 Å². The van der Waals surface area contributed by atoms with Crippen LogP contribution in [0.2, 0.25) is 0 Å². The van der Waals surface area contributed by atoms with Crippen molar-refractivity contribution in [3.05, 3.63) is 59.7 Å². The Kier molecular flexibility index (Phi) is 6.23. The predicted molar refractivity (Wildman–Crippen MR) is 106 cm³/mol. The molecule has 1 aromatic heterocycles. The molecule has 3 rings (SSSR count). The van der Waals surface area contributed by atoms with Crippen molar-refractivity contribution in [2.75, 3.05) is 44.2 Å². The van der Waals surface area contributed by atoms with Gasteiger partial charge in [0, 0.05) is 56.7 Å². The molecule has 2 amide bonds. The fourth-order valence-electron chi connectivity index (χ4n) is 3.36. The number of rotatable bonds is 5. The van der Waals surface area contributed by atoms with Crippen LogP contribution in [0.4, 0.5) is 10.1 Å². The van der Waals surface area contributed by atoms with E-state index in [1.807, 2.05) is 13.8 Å². The molecule has 0 unspecified atom stereocenters. The number of hydrogen-bond acceptors (Lipinski definition) is 4. The SMILES string of the molecule is CCN(CC)C(=O)c1ccnc(C(=O)N2CCN(c3ccc(F)cc3)CC2)c1. The Balaban J connectivity index is 1.66. The van der Waals surface area contributed by atoms with E-state index in [1.165, 1.54) is 18.3 Å². The van der Waals surface area contributed by atoms with E-state index in [2.05, 4.69) is 9.88 Å². The first-order chi connectivity index (χ1) is 13.5. The van der Waals surface area contributed by atoms with Gasteiger partial charge in [0.25, 0.3) is 11.8 Å². The summed E-state index contributed by atoms with van der Waals surface area (Å²) in [5.74, 6) is -0.529. The number of carbonyl (C=O) groups excluding carboxylic acids is 2. The van der Waals surface area contributed by atoms with Crippen LogP contribution in [0, 0.1) is 5.82 Å². The molecule has 7 heteroatoms. The van der Waals surface area contributed by atoms with Crippen LogP contribution in [0.1, 0.15) is 34.7 Å². The average molecular weight is 384 g/mol. The van der Waals surface area contributed by atoms with Crippen LogP contribution in [-0.4, -0.2) is 65.9 Å². The van der Waals surface area contributed by atoms with Gasteiger partial charge in [0.15, 0.2) is 0 Å². The molecule has 6 nitrogen and oxygen atoms in total. The van der Waals surface area contributed by atoms with Gasteiger partial charge in [0.2, 0.25) is 0 Å². The lowest BCUT2D eigenvalue weighted by atomic mass is 10.1. The summed E-state index contributed by atoms with van der Waals surface area (Å²) in [4.78, 5) is 35.1. The topological polar surface area (TPSA) is 56.8 Å². The lowest BCUT2D eigenvalue weighted by Gasteiger charge is -2.36. The maximum Gasteiger partial charge on any atom is 0.272 e. The zero-order valence-electron chi connectivity index (χ0n) is 16.3. The number of hydrogen-bond donors (Lipinski definition) is 0. The van der Waals surface area contributed by atoms with Crippen LogP contribution < -0.4 is 4.90 Å². The Morgan fingerprint density at radius 2 is 1.68 bits per heavy atom. The summed E-state index contributed by atoms with van der Waals surface area (Å²) in [5.41, 5.74) is 1.71. The molecule has 1 aliphatic heterocycles. The predicted octanol–water partition coefficient (Wildman–Crippen LogP) is 2.67. The number of nitrogens with zero attached hydrogens (tertiary/aromatic N) is 4. The normalized spacial score (nSPS) is 14.1. The van der Waals surface area contributed by atoms with Crippen LogP contribution in [0.25, 0.3) is 0 Å². The van der Waals surface area contributed by atoms with Crippen LogP contribution in [0.5, 0.6) is 0 Å². The maximum atomic E-state index is 13.1. The van der Waals surface area contributed by atoms with E-state index in [-0.39, 0.29) is 23.3 Å². The summed E-state index contributed by atoms with van der Waals surface area (Å²) in [6, 6.07) is 9.59. The fourth-order valence-corrected chi connectivity index (χ4v) is 3.36. The minimum atomic E-state index is -0.261. The minimum Gasteiger partial charge on any atom is -0.368 e. The third kappa shape index (κ3) is 4.30. The lowest BCUT2D eigenvalue weighted by Crippen LogP contribution is -2.49. The summed E-state index contributed by atoms with van der Waals surface area (Å²) in [6.45, 7) is 7.51. The molecule has 2 heterocycles. The van der Waals surface area contributed by atoms with Crippen molar-refractivity contribution in [1.82, 2.24) is 14.8 Å².